The Hall–Kier alpha value is -0.500. The smallest absolute Gasteiger partial charge is 0.377 e. The number of piperidine rings is 1. The zero-order valence-corrected chi connectivity index (χ0v) is 18.5. The predicted octanol–water partition coefficient (Wildman–Crippen LogP) is 0.976. The van der Waals surface area contributed by atoms with Crippen LogP contribution >= 0.6 is 0 Å². The van der Waals surface area contributed by atoms with Gasteiger partial charge in [-0.15, -0.1) is 0 Å². The maximum absolute atomic E-state index is 13.8. The van der Waals surface area contributed by atoms with Gasteiger partial charge in [0.05, 0.1) is 11.4 Å². The molecular weight excluding hydrogens is 437 g/mol. The molecule has 4 saturated heterocycles. The molecule has 7 atom stereocenters. The lowest BCUT2D eigenvalue weighted by Crippen LogP contribution is -2.65. The molecule has 0 radical (unpaired) electrons. The van der Waals surface area contributed by atoms with Gasteiger partial charge in [0, 0.05) is 24.9 Å². The van der Waals surface area contributed by atoms with Crippen molar-refractivity contribution in [3.63, 3.8) is 0 Å². The number of hydrogen-bond acceptors (Lipinski definition) is 8. The quantitative estimate of drug-likeness (QED) is 0.450. The first-order chi connectivity index (χ1) is 14.5. The van der Waals surface area contributed by atoms with Gasteiger partial charge in [-0.3, -0.25) is 10.2 Å². The summed E-state index contributed by atoms with van der Waals surface area (Å²) in [5.41, 5.74) is 2.26. The van der Waals surface area contributed by atoms with E-state index in [4.69, 9.17) is 4.74 Å². The van der Waals surface area contributed by atoms with Crippen LogP contribution in [-0.2, 0) is 14.6 Å². The zero-order chi connectivity index (χ0) is 22.4. The molecular formula is C19H33F3N4O4S. The molecule has 4 aliphatic rings. The third kappa shape index (κ3) is 4.62. The van der Waals surface area contributed by atoms with Gasteiger partial charge in [0.1, 0.15) is 6.23 Å². The molecule has 6 unspecified atom stereocenters. The monoisotopic (exact) mass is 470 g/mol. The van der Waals surface area contributed by atoms with Crippen molar-refractivity contribution in [2.24, 2.45) is 0 Å². The first kappa shape index (κ1) is 23.7. The van der Waals surface area contributed by atoms with Crippen LogP contribution in [0.2, 0.25) is 0 Å². The molecule has 0 spiro atoms. The number of nitrogens with zero attached hydrogens (tertiary/aromatic N) is 1. The summed E-state index contributed by atoms with van der Waals surface area (Å²) in [6.07, 6.45) is -1.79. The maximum Gasteiger partial charge on any atom is 0.421 e. The number of aliphatic hydroxyl groups is 1. The number of rotatable bonds is 1. The van der Waals surface area contributed by atoms with E-state index < -0.39 is 51.9 Å². The molecule has 4 rings (SSSR count). The Balaban J connectivity index is 1.62. The summed E-state index contributed by atoms with van der Waals surface area (Å²) in [6.45, 7) is 0.800. The molecule has 0 amide bonds. The molecule has 4 aliphatic heterocycles. The van der Waals surface area contributed by atoms with Crippen LogP contribution in [0.5, 0.6) is 0 Å². The largest absolute Gasteiger partial charge is 0.421 e. The van der Waals surface area contributed by atoms with Crippen LogP contribution in [0, 0.1) is 0 Å². The molecule has 0 aliphatic carbocycles. The summed E-state index contributed by atoms with van der Waals surface area (Å²) in [5.74, 6) is 0. The molecule has 31 heavy (non-hydrogen) atoms. The molecule has 12 heteroatoms. The molecule has 0 aromatic heterocycles. The summed E-state index contributed by atoms with van der Waals surface area (Å²) in [5, 5.41) is 13.4. The minimum Gasteiger partial charge on any atom is -0.377 e. The van der Waals surface area contributed by atoms with E-state index in [-0.39, 0.29) is 18.5 Å². The number of nitrogens with one attached hydrogen (secondary N) is 3. The lowest BCUT2D eigenvalue weighted by Gasteiger charge is -2.45. The van der Waals surface area contributed by atoms with E-state index in [1.807, 2.05) is 0 Å². The van der Waals surface area contributed by atoms with E-state index >= 15 is 0 Å². The Morgan fingerprint density at radius 1 is 1.06 bits per heavy atom. The molecule has 0 aromatic carbocycles. The molecule has 180 valence electrons. The van der Waals surface area contributed by atoms with E-state index in [0.717, 1.165) is 32.2 Å². The normalized spacial score (nSPS) is 43.4. The Kier molecular flexibility index (Phi) is 6.63. The van der Waals surface area contributed by atoms with E-state index in [2.05, 4.69) is 21.1 Å². The maximum atomic E-state index is 13.8. The van der Waals surface area contributed by atoms with Crippen molar-refractivity contribution in [2.45, 2.75) is 106 Å². The highest BCUT2D eigenvalue weighted by molar-refractivity contribution is 7.91. The topological polar surface area (TPSA) is 103 Å². The van der Waals surface area contributed by atoms with Crippen molar-refractivity contribution in [1.82, 2.24) is 21.1 Å². The molecule has 4 fully saturated rings. The third-order valence-corrected chi connectivity index (χ3v) is 8.95. The van der Waals surface area contributed by atoms with E-state index in [0.29, 0.717) is 19.3 Å². The minimum atomic E-state index is -4.84. The third-order valence-electron chi connectivity index (χ3n) is 7.35. The van der Waals surface area contributed by atoms with Gasteiger partial charge >= 0.3 is 6.18 Å². The average molecular weight is 471 g/mol. The number of alkyl halides is 3. The highest BCUT2D eigenvalue weighted by Gasteiger charge is 2.61. The van der Waals surface area contributed by atoms with Crippen molar-refractivity contribution in [3.8, 4) is 0 Å². The van der Waals surface area contributed by atoms with Gasteiger partial charge in [-0.2, -0.15) is 13.2 Å². The number of sulfone groups is 1. The predicted molar refractivity (Wildman–Crippen MR) is 107 cm³/mol. The number of fused-ring (bicyclic) bond motifs is 7. The molecule has 0 saturated carbocycles. The molecule has 4 N–H and O–H groups in total. The summed E-state index contributed by atoms with van der Waals surface area (Å²) >= 11 is 0. The molecule has 4 heterocycles. The second-order valence-electron chi connectivity index (χ2n) is 9.44. The van der Waals surface area contributed by atoms with Crippen LogP contribution in [-0.4, -0.2) is 79.0 Å². The summed E-state index contributed by atoms with van der Waals surface area (Å²) in [6, 6.07) is -0.185. The Labute approximate surface area is 181 Å². The number of halogens is 3. The van der Waals surface area contributed by atoms with E-state index in [1.54, 1.807) is 0 Å². The van der Waals surface area contributed by atoms with Crippen LogP contribution in [0.1, 0.15) is 57.8 Å². The lowest BCUT2D eigenvalue weighted by atomic mass is 9.92. The van der Waals surface area contributed by atoms with Crippen LogP contribution in [0.4, 0.5) is 13.2 Å². The van der Waals surface area contributed by atoms with Gasteiger partial charge in [-0.1, -0.05) is 19.3 Å². The van der Waals surface area contributed by atoms with Gasteiger partial charge in [-0.25, -0.2) is 19.3 Å². The fourth-order valence-electron chi connectivity index (χ4n) is 5.61. The lowest BCUT2D eigenvalue weighted by molar-refractivity contribution is -0.300. The van der Waals surface area contributed by atoms with Crippen LogP contribution in [0.3, 0.4) is 0 Å². The van der Waals surface area contributed by atoms with Gasteiger partial charge in [0.15, 0.2) is 16.1 Å². The standard InChI is InChI=1S/C19H33F3N4O4S/c1-31(28,29)14-9-8-13-16-24-25-17(30-16)18(27,19(20,21)22)10-4-2-3-6-12-7-5-11-26(12)15(14)23-13/h12-17,23-25,27H,2-11H2,1H3/t12-,13?,14?,15?,16?,17?,18?/m1/s1. The van der Waals surface area contributed by atoms with Crippen molar-refractivity contribution in [2.75, 3.05) is 12.8 Å². The number of hydrogen-bond donors (Lipinski definition) is 4. The van der Waals surface area contributed by atoms with Crippen molar-refractivity contribution in [3.05, 3.63) is 0 Å². The van der Waals surface area contributed by atoms with Crippen LogP contribution in [0.15, 0.2) is 0 Å². The van der Waals surface area contributed by atoms with E-state index in [9.17, 15) is 26.7 Å². The second-order valence-corrected chi connectivity index (χ2v) is 11.7. The SMILES string of the molecule is CS(=O)(=O)C1CCC2NC1N1CCC[C@H]1CCCCCC(O)(C(F)(F)F)C1NNC2O1. The Bertz CT molecular complexity index is 755. The second kappa shape index (κ2) is 8.69. The van der Waals surface area contributed by atoms with E-state index in [1.165, 1.54) is 6.26 Å². The minimum absolute atomic E-state index is 0.202. The summed E-state index contributed by atoms with van der Waals surface area (Å²) < 4.78 is 72.0. The first-order valence-corrected chi connectivity index (χ1v) is 13.1. The average Bonchev–Trinajstić information content (AvgIpc) is 3.35. The van der Waals surface area contributed by atoms with Crippen LogP contribution < -0.4 is 16.2 Å². The molecule has 4 bridgehead atoms. The Morgan fingerprint density at radius 2 is 1.81 bits per heavy atom. The van der Waals surface area contributed by atoms with Gasteiger partial charge in [0.2, 0.25) is 5.60 Å². The zero-order valence-electron chi connectivity index (χ0n) is 17.7. The van der Waals surface area contributed by atoms with Gasteiger partial charge in [0.25, 0.3) is 0 Å². The van der Waals surface area contributed by atoms with Crippen molar-refractivity contribution in [1.29, 1.82) is 0 Å². The Morgan fingerprint density at radius 3 is 2.52 bits per heavy atom. The molecule has 0 aromatic rings. The van der Waals surface area contributed by atoms with Crippen molar-refractivity contribution >= 4 is 9.84 Å². The van der Waals surface area contributed by atoms with Gasteiger partial charge < -0.3 is 9.84 Å². The fourth-order valence-corrected chi connectivity index (χ4v) is 6.88. The highest BCUT2D eigenvalue weighted by Crippen LogP contribution is 2.40. The fraction of sp³-hybridized carbons (Fsp3) is 1.00. The first-order valence-electron chi connectivity index (χ1n) is 11.2. The summed E-state index contributed by atoms with van der Waals surface area (Å²) in [7, 11) is -3.32. The van der Waals surface area contributed by atoms with Crippen LogP contribution in [0.25, 0.3) is 0 Å². The highest BCUT2D eigenvalue weighted by atomic mass is 32.2. The summed E-state index contributed by atoms with van der Waals surface area (Å²) in [4.78, 5) is 2.25. The molecule has 8 nitrogen and oxygen atoms in total. The number of ether oxygens (including phenoxy) is 1. The number of hydrazine groups is 1. The van der Waals surface area contributed by atoms with Crippen molar-refractivity contribution < 1.29 is 31.4 Å². The van der Waals surface area contributed by atoms with Gasteiger partial charge in [-0.05, 0) is 38.5 Å².